The van der Waals surface area contributed by atoms with Gasteiger partial charge in [0.15, 0.2) is 11.0 Å². The Morgan fingerprint density at radius 3 is 2.52 bits per heavy atom. The van der Waals surface area contributed by atoms with E-state index in [1.165, 1.54) is 11.8 Å². The summed E-state index contributed by atoms with van der Waals surface area (Å²) in [5.74, 6) is 0.939. The van der Waals surface area contributed by atoms with Crippen LogP contribution in [0.25, 0.3) is 11.4 Å². The van der Waals surface area contributed by atoms with Crippen molar-refractivity contribution in [3.05, 3.63) is 65.2 Å². The topological polar surface area (TPSA) is 73.8 Å². The van der Waals surface area contributed by atoms with E-state index in [-0.39, 0.29) is 5.91 Å². The number of carbonyl (C=O) groups excluding carboxylic acids is 1. The lowest BCUT2D eigenvalue weighted by atomic mass is 10.2. The Kier molecular flexibility index (Phi) is 5.73. The second kappa shape index (κ2) is 8.18. The van der Waals surface area contributed by atoms with Crippen LogP contribution in [0.2, 0.25) is 5.02 Å². The molecule has 128 valence electrons. The molecule has 0 aliphatic rings. The number of nitrogens with two attached hydrogens (primary N) is 1. The molecule has 0 bridgehead atoms. The molecule has 25 heavy (non-hydrogen) atoms. The molecule has 1 aromatic heterocycles. The minimum atomic E-state index is -0.326. The van der Waals surface area contributed by atoms with Gasteiger partial charge in [-0.15, -0.1) is 10.2 Å². The number of thioether (sulfide) groups is 1. The first-order valence-electron chi connectivity index (χ1n) is 7.78. The molecule has 0 spiro atoms. The van der Waals surface area contributed by atoms with Crippen molar-refractivity contribution in [2.75, 3.05) is 5.75 Å². The lowest BCUT2D eigenvalue weighted by Gasteiger charge is -2.11. The van der Waals surface area contributed by atoms with Crippen molar-refractivity contribution in [2.24, 2.45) is 5.73 Å². The summed E-state index contributed by atoms with van der Waals surface area (Å²) < 4.78 is 2.02. The summed E-state index contributed by atoms with van der Waals surface area (Å²) in [5.41, 5.74) is 7.18. The monoisotopic (exact) mass is 372 g/mol. The van der Waals surface area contributed by atoms with E-state index >= 15 is 0 Å². The third kappa shape index (κ3) is 4.41. The van der Waals surface area contributed by atoms with E-state index in [0.717, 1.165) is 16.3 Å². The van der Waals surface area contributed by atoms with Crippen LogP contribution in [0.15, 0.2) is 59.8 Å². The molecule has 2 aromatic carbocycles. The van der Waals surface area contributed by atoms with Gasteiger partial charge in [0, 0.05) is 17.7 Å². The maximum Gasteiger partial charge on any atom is 0.218 e. The summed E-state index contributed by atoms with van der Waals surface area (Å²) in [7, 11) is 0. The van der Waals surface area contributed by atoms with E-state index in [1.54, 1.807) is 0 Å². The highest BCUT2D eigenvalue weighted by Gasteiger charge is 2.17. The maximum atomic E-state index is 11.0. The van der Waals surface area contributed by atoms with Crippen LogP contribution in [-0.4, -0.2) is 26.4 Å². The molecule has 0 fully saturated rings. The van der Waals surface area contributed by atoms with Gasteiger partial charge in [-0.1, -0.05) is 65.8 Å². The zero-order chi connectivity index (χ0) is 17.6. The molecule has 7 heteroatoms. The van der Waals surface area contributed by atoms with Crippen molar-refractivity contribution < 1.29 is 4.79 Å². The first-order chi connectivity index (χ1) is 12.1. The fraction of sp³-hybridized carbons (Fsp3) is 0.167. The molecule has 5 nitrogen and oxygen atoms in total. The Hall–Kier alpha value is -2.31. The molecule has 0 aliphatic carbocycles. The first kappa shape index (κ1) is 17.5. The van der Waals surface area contributed by atoms with Crippen LogP contribution < -0.4 is 5.73 Å². The average molecular weight is 373 g/mol. The van der Waals surface area contributed by atoms with Gasteiger partial charge in [-0.3, -0.25) is 9.36 Å². The van der Waals surface area contributed by atoms with Gasteiger partial charge in [0.25, 0.3) is 0 Å². The first-order valence-corrected chi connectivity index (χ1v) is 9.14. The summed E-state index contributed by atoms with van der Waals surface area (Å²) in [6.45, 7) is 0.618. The molecule has 0 aliphatic heterocycles. The molecule has 0 atom stereocenters. The Labute approximate surface area is 155 Å². The van der Waals surface area contributed by atoms with Gasteiger partial charge in [-0.2, -0.15) is 0 Å². The molecule has 0 saturated heterocycles. The van der Waals surface area contributed by atoms with Crippen LogP contribution in [0.3, 0.4) is 0 Å². The van der Waals surface area contributed by atoms with Crippen molar-refractivity contribution in [2.45, 2.75) is 18.1 Å². The van der Waals surface area contributed by atoms with E-state index in [0.29, 0.717) is 29.6 Å². The predicted octanol–water partition coefficient (Wildman–Crippen LogP) is 3.61. The highest BCUT2D eigenvalue weighted by Crippen LogP contribution is 2.30. The lowest BCUT2D eigenvalue weighted by Crippen LogP contribution is -2.11. The molecule has 2 N–H and O–H groups in total. The molecule has 0 saturated carbocycles. The quantitative estimate of drug-likeness (QED) is 0.643. The average Bonchev–Trinajstić information content (AvgIpc) is 2.98. The van der Waals surface area contributed by atoms with Gasteiger partial charge in [-0.25, -0.2) is 0 Å². The second-order valence-electron chi connectivity index (χ2n) is 5.42. The molecule has 3 aromatic rings. The SMILES string of the molecule is NC(=O)CCSc1nnc(-c2ccccc2Cl)n1Cc1ccccc1. The number of aromatic nitrogens is 3. The van der Waals surface area contributed by atoms with Crippen molar-refractivity contribution in [1.82, 2.24) is 14.8 Å². The zero-order valence-electron chi connectivity index (χ0n) is 13.4. The minimum absolute atomic E-state index is 0.296. The highest BCUT2D eigenvalue weighted by molar-refractivity contribution is 7.99. The standard InChI is InChI=1S/C18H17ClN4OS/c19-15-9-5-4-8-14(15)17-21-22-18(25-11-10-16(20)24)23(17)12-13-6-2-1-3-7-13/h1-9H,10-12H2,(H2,20,24). The van der Waals surface area contributed by atoms with Gasteiger partial charge in [0.05, 0.1) is 11.6 Å². The van der Waals surface area contributed by atoms with Crippen molar-refractivity contribution >= 4 is 29.3 Å². The number of hydrogen-bond donors (Lipinski definition) is 1. The number of benzene rings is 2. The van der Waals surface area contributed by atoms with Gasteiger partial charge in [0.1, 0.15) is 0 Å². The third-order valence-electron chi connectivity index (χ3n) is 3.59. The lowest BCUT2D eigenvalue weighted by molar-refractivity contribution is -0.117. The number of rotatable bonds is 7. The fourth-order valence-corrected chi connectivity index (χ4v) is 3.50. The van der Waals surface area contributed by atoms with Crippen molar-refractivity contribution in [3.63, 3.8) is 0 Å². The second-order valence-corrected chi connectivity index (χ2v) is 6.89. The van der Waals surface area contributed by atoms with Crippen LogP contribution in [0.1, 0.15) is 12.0 Å². The van der Waals surface area contributed by atoms with Gasteiger partial charge < -0.3 is 5.73 Å². The molecular weight excluding hydrogens is 356 g/mol. The van der Waals surface area contributed by atoms with E-state index in [1.807, 2.05) is 59.2 Å². The highest BCUT2D eigenvalue weighted by atomic mass is 35.5. The van der Waals surface area contributed by atoms with Crippen LogP contribution in [0, 0.1) is 0 Å². The predicted molar refractivity (Wildman–Crippen MR) is 101 cm³/mol. The normalized spacial score (nSPS) is 10.8. The smallest absolute Gasteiger partial charge is 0.218 e. The molecular formula is C18H17ClN4OS. The van der Waals surface area contributed by atoms with Crippen LogP contribution in [0.5, 0.6) is 0 Å². The molecule has 0 unspecified atom stereocenters. The van der Waals surface area contributed by atoms with Gasteiger partial charge >= 0.3 is 0 Å². The number of amides is 1. The molecule has 1 amide bonds. The van der Waals surface area contributed by atoms with E-state index in [2.05, 4.69) is 10.2 Å². The minimum Gasteiger partial charge on any atom is -0.370 e. The van der Waals surface area contributed by atoms with E-state index in [4.69, 9.17) is 17.3 Å². The number of carbonyl (C=O) groups is 1. The van der Waals surface area contributed by atoms with Gasteiger partial charge in [-0.05, 0) is 17.7 Å². The Bertz CT molecular complexity index is 867. The number of hydrogen-bond acceptors (Lipinski definition) is 4. The van der Waals surface area contributed by atoms with Crippen molar-refractivity contribution in [1.29, 1.82) is 0 Å². The van der Waals surface area contributed by atoms with Gasteiger partial charge in [0.2, 0.25) is 5.91 Å². The molecule has 3 rings (SSSR count). The Morgan fingerprint density at radius 2 is 1.80 bits per heavy atom. The summed E-state index contributed by atoms with van der Waals surface area (Å²) in [6, 6.07) is 17.6. The number of primary amides is 1. The third-order valence-corrected chi connectivity index (χ3v) is 4.89. The van der Waals surface area contributed by atoms with Crippen molar-refractivity contribution in [3.8, 4) is 11.4 Å². The Balaban J connectivity index is 1.96. The summed E-state index contributed by atoms with van der Waals surface area (Å²) in [4.78, 5) is 11.0. The number of nitrogens with zero attached hydrogens (tertiary/aromatic N) is 3. The maximum absolute atomic E-state index is 11.0. The van der Waals surface area contributed by atoms with E-state index in [9.17, 15) is 4.79 Å². The van der Waals surface area contributed by atoms with Crippen LogP contribution >= 0.6 is 23.4 Å². The van der Waals surface area contributed by atoms with Crippen LogP contribution in [-0.2, 0) is 11.3 Å². The fourth-order valence-electron chi connectivity index (χ4n) is 2.39. The van der Waals surface area contributed by atoms with E-state index < -0.39 is 0 Å². The molecule has 1 heterocycles. The van der Waals surface area contributed by atoms with Crippen LogP contribution in [0.4, 0.5) is 0 Å². The summed E-state index contributed by atoms with van der Waals surface area (Å²) in [6.07, 6.45) is 0.296. The summed E-state index contributed by atoms with van der Waals surface area (Å²) in [5, 5.41) is 9.98. The zero-order valence-corrected chi connectivity index (χ0v) is 15.0. The number of halogens is 1. The molecule has 0 radical (unpaired) electrons. The Morgan fingerprint density at radius 1 is 1.08 bits per heavy atom. The largest absolute Gasteiger partial charge is 0.370 e. The summed E-state index contributed by atoms with van der Waals surface area (Å²) >= 11 is 7.80.